The molecule has 2 atom stereocenters. The van der Waals surface area contributed by atoms with Crippen molar-refractivity contribution < 1.29 is 24.1 Å². The second-order valence-electron chi connectivity index (χ2n) is 9.41. The van der Waals surface area contributed by atoms with E-state index in [0.717, 1.165) is 16.7 Å². The molecule has 2 aromatic carbocycles. The highest BCUT2D eigenvalue weighted by molar-refractivity contribution is 6.00. The molecule has 0 saturated heterocycles. The number of benzene rings is 2. The van der Waals surface area contributed by atoms with Gasteiger partial charge in [-0.15, -0.1) is 0 Å². The lowest BCUT2D eigenvalue weighted by Gasteiger charge is -2.29. The van der Waals surface area contributed by atoms with E-state index >= 15 is 0 Å². The zero-order valence-electron chi connectivity index (χ0n) is 22.3. The van der Waals surface area contributed by atoms with Gasteiger partial charge in [0.1, 0.15) is 11.9 Å². The molecule has 0 spiro atoms. The molecule has 10 heteroatoms. The molecule has 3 rings (SSSR count). The van der Waals surface area contributed by atoms with Crippen LogP contribution >= 0.6 is 0 Å². The van der Waals surface area contributed by atoms with E-state index in [1.807, 2.05) is 69.3 Å². The second-order valence-corrected chi connectivity index (χ2v) is 9.41. The Balaban J connectivity index is 1.87. The number of aliphatic hydroxyl groups excluding tert-OH is 1. The molecule has 38 heavy (non-hydrogen) atoms. The molecule has 1 aliphatic heterocycles. The van der Waals surface area contributed by atoms with Gasteiger partial charge in [0.2, 0.25) is 5.90 Å². The maximum absolute atomic E-state index is 13.7. The minimum absolute atomic E-state index is 0.0709. The molecule has 1 amide bonds. The summed E-state index contributed by atoms with van der Waals surface area (Å²) in [6.07, 6.45) is 1.10. The van der Waals surface area contributed by atoms with Gasteiger partial charge >= 0.3 is 0 Å². The largest absolute Gasteiger partial charge is 0.494 e. The Morgan fingerprint density at radius 3 is 2.61 bits per heavy atom. The van der Waals surface area contributed by atoms with Gasteiger partial charge < -0.3 is 24.6 Å². The Labute approximate surface area is 223 Å². The van der Waals surface area contributed by atoms with Gasteiger partial charge in [-0.1, -0.05) is 29.4 Å². The van der Waals surface area contributed by atoms with Crippen molar-refractivity contribution in [2.45, 2.75) is 64.3 Å². The summed E-state index contributed by atoms with van der Waals surface area (Å²) in [5.74, 6) is 0.825. The fraction of sp³-hybridized carbons (Fsp3) is 0.500. The molecule has 0 unspecified atom stereocenters. The second kappa shape index (κ2) is 14.4. The first-order chi connectivity index (χ1) is 18.4. The third kappa shape index (κ3) is 7.71. The normalized spacial score (nSPS) is 18.4. The van der Waals surface area contributed by atoms with E-state index in [-0.39, 0.29) is 31.6 Å². The van der Waals surface area contributed by atoms with Crippen molar-refractivity contribution in [1.29, 1.82) is 0 Å². The SMILES string of the molecule is CC(C)OCCCNC(=O)[C@]1(Cc2ccccc2CN=[N+]=[N-])N=C(c2ccc(OCCCO)cc2)O[C@@H]1C. The van der Waals surface area contributed by atoms with Crippen molar-refractivity contribution in [3.63, 3.8) is 0 Å². The number of nitrogens with zero attached hydrogens (tertiary/aromatic N) is 4. The van der Waals surface area contributed by atoms with Crippen LogP contribution in [0.15, 0.2) is 58.6 Å². The summed E-state index contributed by atoms with van der Waals surface area (Å²) >= 11 is 0. The summed E-state index contributed by atoms with van der Waals surface area (Å²) in [6, 6.07) is 14.9. The molecule has 0 fully saturated rings. The third-order valence-electron chi connectivity index (χ3n) is 6.27. The number of carbonyl (C=O) groups excluding carboxylic acids is 1. The molecule has 0 bridgehead atoms. The lowest BCUT2D eigenvalue weighted by molar-refractivity contribution is -0.128. The molecule has 10 nitrogen and oxygen atoms in total. The van der Waals surface area contributed by atoms with Crippen LogP contribution in [0.1, 0.15) is 50.3 Å². The molecule has 1 heterocycles. The minimum Gasteiger partial charge on any atom is -0.494 e. The van der Waals surface area contributed by atoms with E-state index < -0.39 is 11.6 Å². The van der Waals surface area contributed by atoms with Gasteiger partial charge in [0, 0.05) is 43.1 Å². The molecule has 2 N–H and O–H groups in total. The van der Waals surface area contributed by atoms with Crippen LogP contribution in [0.25, 0.3) is 10.4 Å². The van der Waals surface area contributed by atoms with E-state index in [4.69, 9.17) is 29.8 Å². The van der Waals surface area contributed by atoms with E-state index in [1.54, 1.807) is 0 Å². The summed E-state index contributed by atoms with van der Waals surface area (Å²) < 4.78 is 17.4. The number of nitrogens with one attached hydrogen (secondary N) is 1. The molecule has 0 radical (unpaired) electrons. The maximum atomic E-state index is 13.7. The fourth-order valence-corrected chi connectivity index (χ4v) is 4.17. The number of carbonyl (C=O) groups is 1. The summed E-state index contributed by atoms with van der Waals surface area (Å²) in [5, 5.41) is 15.7. The maximum Gasteiger partial charge on any atom is 0.252 e. The minimum atomic E-state index is -1.21. The van der Waals surface area contributed by atoms with E-state index in [1.165, 1.54) is 0 Å². The predicted molar refractivity (Wildman–Crippen MR) is 145 cm³/mol. The smallest absolute Gasteiger partial charge is 0.252 e. The van der Waals surface area contributed by atoms with Crippen molar-refractivity contribution in [1.82, 2.24) is 5.32 Å². The molecule has 2 aromatic rings. The molecular weight excluding hydrogens is 486 g/mol. The van der Waals surface area contributed by atoms with Crippen LogP contribution in [0, 0.1) is 0 Å². The Kier molecular flexibility index (Phi) is 11.0. The average molecular weight is 524 g/mol. The summed E-state index contributed by atoms with van der Waals surface area (Å²) in [6.45, 7) is 7.47. The number of hydrogen-bond donors (Lipinski definition) is 2. The van der Waals surface area contributed by atoms with E-state index in [2.05, 4.69) is 15.3 Å². The Morgan fingerprint density at radius 1 is 1.18 bits per heavy atom. The quantitative estimate of drug-likeness (QED) is 0.155. The molecule has 0 aliphatic carbocycles. The standard InChI is InChI=1S/C28H37N5O5/c1-20(2)36-16-6-14-30-27(35)28(18-23-8-4-5-9-24(23)19-31-33-29)21(3)38-26(32-28)22-10-12-25(13-11-22)37-17-7-15-34/h4-5,8-13,20-21,34H,6-7,14-19H2,1-3H3,(H,30,35)/t21-,28-/m1/s1. The lowest BCUT2D eigenvalue weighted by Crippen LogP contribution is -2.52. The summed E-state index contributed by atoms with van der Waals surface area (Å²) in [7, 11) is 0. The number of rotatable bonds is 15. The topological polar surface area (TPSA) is 138 Å². The molecule has 0 saturated carbocycles. The van der Waals surface area contributed by atoms with Crippen LogP contribution in [0.5, 0.6) is 5.75 Å². The molecular formula is C28H37N5O5. The number of azide groups is 1. The van der Waals surface area contributed by atoms with Crippen LogP contribution < -0.4 is 10.1 Å². The zero-order chi connectivity index (χ0) is 27.4. The van der Waals surface area contributed by atoms with Gasteiger partial charge in [0.05, 0.1) is 19.3 Å². The fourth-order valence-electron chi connectivity index (χ4n) is 4.17. The van der Waals surface area contributed by atoms with Crippen molar-refractivity contribution >= 4 is 11.8 Å². The monoisotopic (exact) mass is 523 g/mol. The van der Waals surface area contributed by atoms with Crippen molar-refractivity contribution in [3.05, 3.63) is 75.7 Å². The molecule has 1 aliphatic rings. The first-order valence-electron chi connectivity index (χ1n) is 13.0. The zero-order valence-corrected chi connectivity index (χ0v) is 22.3. The summed E-state index contributed by atoms with van der Waals surface area (Å²) in [4.78, 5) is 21.5. The lowest BCUT2D eigenvalue weighted by atomic mass is 9.84. The summed E-state index contributed by atoms with van der Waals surface area (Å²) in [5.41, 5.74) is 10.0. The number of hydrogen-bond acceptors (Lipinski definition) is 7. The third-order valence-corrected chi connectivity index (χ3v) is 6.27. The highest BCUT2D eigenvalue weighted by Crippen LogP contribution is 2.34. The van der Waals surface area contributed by atoms with Crippen molar-refractivity contribution in [3.8, 4) is 5.75 Å². The predicted octanol–water partition coefficient (Wildman–Crippen LogP) is 4.34. The van der Waals surface area contributed by atoms with Crippen LogP contribution in [-0.2, 0) is 27.2 Å². The Morgan fingerprint density at radius 2 is 1.92 bits per heavy atom. The molecule has 0 aromatic heterocycles. The number of aliphatic imine (C=N–C) groups is 1. The highest BCUT2D eigenvalue weighted by Gasteiger charge is 2.50. The van der Waals surface area contributed by atoms with Gasteiger partial charge in [-0.2, -0.15) is 0 Å². The number of ether oxygens (including phenoxy) is 3. The van der Waals surface area contributed by atoms with Crippen molar-refractivity contribution in [2.75, 3.05) is 26.4 Å². The average Bonchev–Trinajstić information content (AvgIpc) is 3.25. The first-order valence-corrected chi connectivity index (χ1v) is 13.0. The van der Waals surface area contributed by atoms with Crippen LogP contribution in [0.2, 0.25) is 0 Å². The van der Waals surface area contributed by atoms with Gasteiger partial charge in [0.25, 0.3) is 5.91 Å². The van der Waals surface area contributed by atoms with Crippen LogP contribution in [-0.4, -0.2) is 61.0 Å². The van der Waals surface area contributed by atoms with Gasteiger partial charge in [-0.05, 0) is 68.1 Å². The van der Waals surface area contributed by atoms with Crippen molar-refractivity contribution in [2.24, 2.45) is 10.1 Å². The van der Waals surface area contributed by atoms with Gasteiger partial charge in [-0.25, -0.2) is 4.99 Å². The van der Waals surface area contributed by atoms with Crippen LogP contribution in [0.3, 0.4) is 0 Å². The Hall–Kier alpha value is -3.59. The number of aliphatic hydroxyl groups is 1. The highest BCUT2D eigenvalue weighted by atomic mass is 16.5. The molecule has 204 valence electrons. The van der Waals surface area contributed by atoms with E-state index in [0.29, 0.717) is 44.2 Å². The van der Waals surface area contributed by atoms with E-state index in [9.17, 15) is 4.79 Å². The number of amides is 1. The van der Waals surface area contributed by atoms with Gasteiger partial charge in [-0.3, -0.25) is 4.79 Å². The first kappa shape index (κ1) is 29.0. The Bertz CT molecular complexity index is 1130. The van der Waals surface area contributed by atoms with Gasteiger partial charge in [0.15, 0.2) is 5.54 Å². The van der Waals surface area contributed by atoms with Crippen LogP contribution in [0.4, 0.5) is 0 Å².